The Morgan fingerprint density at radius 3 is 2.92 bits per heavy atom. The Bertz CT molecular complexity index is 391. The van der Waals surface area contributed by atoms with Crippen molar-refractivity contribution in [3.8, 4) is 0 Å². The van der Waals surface area contributed by atoms with Gasteiger partial charge in [0.2, 0.25) is 0 Å². The number of hydrogen-bond acceptors (Lipinski definition) is 4. The Morgan fingerprint density at radius 2 is 2.17 bits per heavy atom. The minimum absolute atomic E-state index is 0.303. The van der Waals surface area contributed by atoms with E-state index < -0.39 is 0 Å². The van der Waals surface area contributed by atoms with Crippen molar-refractivity contribution in [3.05, 3.63) is 12.0 Å². The van der Waals surface area contributed by atoms with Crippen LogP contribution in [0.25, 0.3) is 11.2 Å². The lowest BCUT2D eigenvalue weighted by atomic mass is 10.2. The molecule has 0 saturated heterocycles. The zero-order valence-electron chi connectivity index (χ0n) is 6.94. The van der Waals surface area contributed by atoms with Gasteiger partial charge in [-0.2, -0.15) is 5.10 Å². The maximum absolute atomic E-state index is 4.27. The molecule has 0 aromatic carbocycles. The number of fused-ring (bicyclic) bond motifs is 1. The third kappa shape index (κ3) is 1.03. The summed E-state index contributed by atoms with van der Waals surface area (Å²) in [6.07, 6.45) is 1.65. The summed E-state index contributed by atoms with van der Waals surface area (Å²) >= 11 is 0. The fourth-order valence-electron chi connectivity index (χ4n) is 0.920. The first kappa shape index (κ1) is 7.15. The van der Waals surface area contributed by atoms with Crippen molar-refractivity contribution in [1.82, 2.24) is 25.4 Å². The molecule has 2 rings (SSSR count). The van der Waals surface area contributed by atoms with Gasteiger partial charge in [-0.15, -0.1) is 10.2 Å². The number of H-pyrrole nitrogens is 1. The van der Waals surface area contributed by atoms with E-state index in [1.807, 2.05) is 13.8 Å². The first-order chi connectivity index (χ1) is 5.77. The second-order valence-corrected chi connectivity index (χ2v) is 2.93. The van der Waals surface area contributed by atoms with Gasteiger partial charge in [-0.1, -0.05) is 13.8 Å². The summed E-state index contributed by atoms with van der Waals surface area (Å²) in [7, 11) is 0. The third-order valence-corrected chi connectivity index (χ3v) is 1.60. The van der Waals surface area contributed by atoms with Crippen LogP contribution in [0, 0.1) is 0 Å². The molecule has 0 saturated carbocycles. The lowest BCUT2D eigenvalue weighted by Crippen LogP contribution is -1.99. The highest BCUT2D eigenvalue weighted by atomic mass is 15.2. The minimum atomic E-state index is 0.303. The quantitative estimate of drug-likeness (QED) is 0.677. The topological polar surface area (TPSA) is 67.3 Å². The number of nitrogens with zero attached hydrogens (tertiary/aromatic N) is 4. The van der Waals surface area contributed by atoms with Crippen LogP contribution in [0.3, 0.4) is 0 Å². The highest BCUT2D eigenvalue weighted by molar-refractivity contribution is 5.67. The van der Waals surface area contributed by atoms with Crippen LogP contribution in [0.2, 0.25) is 0 Å². The SMILES string of the molecule is CC(C)c1nnc2[nH]ncc2n1. The molecule has 1 N–H and O–H groups in total. The number of aromatic nitrogens is 5. The van der Waals surface area contributed by atoms with Gasteiger partial charge >= 0.3 is 0 Å². The summed E-state index contributed by atoms with van der Waals surface area (Å²) in [6.45, 7) is 4.06. The molecule has 0 amide bonds. The van der Waals surface area contributed by atoms with Crippen LogP contribution >= 0.6 is 0 Å². The Labute approximate surface area is 69.2 Å². The summed E-state index contributed by atoms with van der Waals surface area (Å²) in [5.74, 6) is 1.06. The molecule has 0 atom stereocenters. The highest BCUT2D eigenvalue weighted by Gasteiger charge is 2.05. The molecule has 0 radical (unpaired) electrons. The average molecular weight is 163 g/mol. The predicted molar refractivity (Wildman–Crippen MR) is 43.6 cm³/mol. The van der Waals surface area contributed by atoms with Crippen LogP contribution in [0.15, 0.2) is 6.20 Å². The van der Waals surface area contributed by atoms with Crippen LogP contribution in [-0.2, 0) is 0 Å². The van der Waals surface area contributed by atoms with Crippen molar-refractivity contribution in [3.63, 3.8) is 0 Å². The molecule has 0 aliphatic carbocycles. The first-order valence-corrected chi connectivity index (χ1v) is 3.81. The summed E-state index contributed by atoms with van der Waals surface area (Å²) in [5, 5.41) is 14.4. The van der Waals surface area contributed by atoms with Crippen LogP contribution in [0.1, 0.15) is 25.6 Å². The van der Waals surface area contributed by atoms with Gasteiger partial charge in [-0.05, 0) is 0 Å². The number of aromatic amines is 1. The summed E-state index contributed by atoms with van der Waals surface area (Å²) in [5.41, 5.74) is 1.41. The first-order valence-electron chi connectivity index (χ1n) is 3.81. The lowest BCUT2D eigenvalue weighted by molar-refractivity contribution is 0.749. The van der Waals surface area contributed by atoms with Gasteiger partial charge < -0.3 is 0 Å². The van der Waals surface area contributed by atoms with Crippen LogP contribution in [-0.4, -0.2) is 25.4 Å². The molecular formula is C7H9N5. The number of nitrogens with one attached hydrogen (secondary N) is 1. The Hall–Kier alpha value is -1.52. The molecule has 62 valence electrons. The fourth-order valence-corrected chi connectivity index (χ4v) is 0.920. The normalized spacial score (nSPS) is 11.2. The zero-order valence-corrected chi connectivity index (χ0v) is 6.94. The molecule has 0 spiro atoms. The molecule has 0 aliphatic heterocycles. The second-order valence-electron chi connectivity index (χ2n) is 2.93. The zero-order chi connectivity index (χ0) is 8.55. The van der Waals surface area contributed by atoms with E-state index in [2.05, 4.69) is 25.4 Å². The van der Waals surface area contributed by atoms with Gasteiger partial charge in [0.05, 0.1) is 6.20 Å². The van der Waals surface area contributed by atoms with Gasteiger partial charge in [0.15, 0.2) is 11.5 Å². The summed E-state index contributed by atoms with van der Waals surface area (Å²) in [6, 6.07) is 0. The number of rotatable bonds is 1. The Kier molecular flexibility index (Phi) is 1.49. The Balaban J connectivity index is 2.60. The average Bonchev–Trinajstić information content (AvgIpc) is 2.49. The fraction of sp³-hybridized carbons (Fsp3) is 0.429. The van der Waals surface area contributed by atoms with Crippen molar-refractivity contribution in [2.24, 2.45) is 0 Å². The van der Waals surface area contributed by atoms with Gasteiger partial charge in [0, 0.05) is 5.92 Å². The van der Waals surface area contributed by atoms with Crippen LogP contribution in [0.4, 0.5) is 0 Å². The van der Waals surface area contributed by atoms with Crippen molar-refractivity contribution in [2.45, 2.75) is 19.8 Å². The van der Waals surface area contributed by atoms with Crippen LogP contribution < -0.4 is 0 Å². The molecule has 2 aromatic rings. The van der Waals surface area contributed by atoms with E-state index in [0.717, 1.165) is 11.3 Å². The van der Waals surface area contributed by atoms with Crippen molar-refractivity contribution >= 4 is 11.2 Å². The van der Waals surface area contributed by atoms with Crippen LogP contribution in [0.5, 0.6) is 0 Å². The maximum atomic E-state index is 4.27. The molecule has 5 nitrogen and oxygen atoms in total. The Morgan fingerprint density at radius 1 is 1.33 bits per heavy atom. The van der Waals surface area contributed by atoms with E-state index in [-0.39, 0.29) is 0 Å². The standard InChI is InChI=1S/C7H9N5/c1-4(2)6-9-5-3-8-10-7(5)12-11-6/h3-4H,1-2H3,(H,8,10,12). The van der Waals surface area contributed by atoms with Gasteiger partial charge in [-0.3, -0.25) is 5.10 Å². The molecule has 0 aliphatic rings. The molecule has 0 fully saturated rings. The summed E-state index contributed by atoms with van der Waals surface area (Å²) < 4.78 is 0. The van der Waals surface area contributed by atoms with E-state index in [0.29, 0.717) is 11.6 Å². The van der Waals surface area contributed by atoms with E-state index in [4.69, 9.17) is 0 Å². The monoisotopic (exact) mass is 163 g/mol. The molecule has 5 heteroatoms. The molecule has 2 aromatic heterocycles. The molecular weight excluding hydrogens is 154 g/mol. The molecule has 0 bridgehead atoms. The number of hydrogen-bond donors (Lipinski definition) is 1. The largest absolute Gasteiger partial charge is 0.258 e. The van der Waals surface area contributed by atoms with E-state index in [1.54, 1.807) is 6.20 Å². The second kappa shape index (κ2) is 2.51. The summed E-state index contributed by atoms with van der Waals surface area (Å²) in [4.78, 5) is 4.27. The predicted octanol–water partition coefficient (Wildman–Crippen LogP) is 0.871. The van der Waals surface area contributed by atoms with Gasteiger partial charge in [0.25, 0.3) is 0 Å². The van der Waals surface area contributed by atoms with Gasteiger partial charge in [0.1, 0.15) is 5.52 Å². The lowest BCUT2D eigenvalue weighted by Gasteiger charge is -1.99. The van der Waals surface area contributed by atoms with Crippen molar-refractivity contribution in [1.29, 1.82) is 0 Å². The van der Waals surface area contributed by atoms with Crippen molar-refractivity contribution < 1.29 is 0 Å². The highest BCUT2D eigenvalue weighted by Crippen LogP contribution is 2.09. The van der Waals surface area contributed by atoms with E-state index >= 15 is 0 Å². The molecule has 2 heterocycles. The van der Waals surface area contributed by atoms with E-state index in [1.165, 1.54) is 0 Å². The third-order valence-electron chi connectivity index (χ3n) is 1.60. The van der Waals surface area contributed by atoms with E-state index in [9.17, 15) is 0 Å². The molecule has 0 unspecified atom stereocenters. The maximum Gasteiger partial charge on any atom is 0.196 e. The smallest absolute Gasteiger partial charge is 0.196 e. The molecule has 12 heavy (non-hydrogen) atoms. The van der Waals surface area contributed by atoms with Crippen molar-refractivity contribution in [2.75, 3.05) is 0 Å². The minimum Gasteiger partial charge on any atom is -0.258 e. The van der Waals surface area contributed by atoms with Gasteiger partial charge in [-0.25, -0.2) is 4.98 Å².